The fourth-order valence-corrected chi connectivity index (χ4v) is 3.35. The van der Waals surface area contributed by atoms with Gasteiger partial charge in [0.25, 0.3) is 5.91 Å². The van der Waals surface area contributed by atoms with Crippen molar-refractivity contribution in [3.05, 3.63) is 53.1 Å². The molecule has 0 unspecified atom stereocenters. The summed E-state index contributed by atoms with van der Waals surface area (Å²) in [4.78, 5) is 23.6. The lowest BCUT2D eigenvalue weighted by atomic mass is 10.0. The van der Waals surface area contributed by atoms with E-state index >= 15 is 0 Å². The van der Waals surface area contributed by atoms with E-state index < -0.39 is 0 Å². The van der Waals surface area contributed by atoms with Gasteiger partial charge in [-0.2, -0.15) is 5.10 Å². The van der Waals surface area contributed by atoms with Crippen LogP contribution in [0.5, 0.6) is 0 Å². The second-order valence-corrected chi connectivity index (χ2v) is 6.60. The minimum absolute atomic E-state index is 0.00455. The first-order valence-electron chi connectivity index (χ1n) is 8.36. The first-order chi connectivity index (χ1) is 11.8. The molecule has 0 saturated heterocycles. The maximum Gasteiger partial charge on any atom is 0.274 e. The van der Waals surface area contributed by atoms with Crippen LogP contribution in [-0.2, 0) is 13.0 Å². The number of H-pyrrole nitrogens is 1. The molecule has 1 aliphatic heterocycles. The van der Waals surface area contributed by atoms with Crippen LogP contribution in [0.15, 0.2) is 30.5 Å². The fraction of sp³-hybridized carbons (Fsp3) is 0.333. The number of rotatable bonds is 2. The number of aromatic amines is 1. The minimum atomic E-state index is -0.00455. The summed E-state index contributed by atoms with van der Waals surface area (Å²) >= 11 is 0. The molecule has 0 radical (unpaired) electrons. The van der Waals surface area contributed by atoms with Gasteiger partial charge in [-0.25, -0.2) is 9.97 Å². The summed E-state index contributed by atoms with van der Waals surface area (Å²) in [5, 5.41) is 8.24. The van der Waals surface area contributed by atoms with E-state index in [0.29, 0.717) is 24.7 Å². The summed E-state index contributed by atoms with van der Waals surface area (Å²) in [5.74, 6) is 0.569. The van der Waals surface area contributed by atoms with Gasteiger partial charge in [-0.3, -0.25) is 9.89 Å². The second kappa shape index (κ2) is 5.12. The van der Waals surface area contributed by atoms with Crippen LogP contribution < -0.4 is 0 Å². The van der Waals surface area contributed by atoms with Gasteiger partial charge in [0.2, 0.25) is 0 Å². The molecule has 4 heterocycles. The molecule has 3 aromatic heterocycles. The number of hydrogen-bond donors (Lipinski definition) is 1. The van der Waals surface area contributed by atoms with E-state index in [4.69, 9.17) is 0 Å². The Morgan fingerprint density at radius 2 is 2.21 bits per heavy atom. The molecule has 0 atom stereocenters. The number of carbonyl (C=O) groups is 1. The maximum absolute atomic E-state index is 12.7. The van der Waals surface area contributed by atoms with Gasteiger partial charge >= 0.3 is 0 Å². The van der Waals surface area contributed by atoms with Crippen molar-refractivity contribution in [2.24, 2.45) is 0 Å². The Hall–Kier alpha value is -2.76. The zero-order valence-electron chi connectivity index (χ0n) is 13.2. The predicted octanol–water partition coefficient (Wildman–Crippen LogP) is 2.43. The molecular formula is C18H17N5O. The van der Waals surface area contributed by atoms with Gasteiger partial charge in [-0.1, -0.05) is 0 Å². The molecular weight excluding hydrogens is 302 g/mol. The standard InChI is InChI=1S/C18H17N5O/c24-18(16-9-15(21-22-16)11-3-4-11)23-7-5-14-13(10-23)8-12-2-1-6-19-17(12)20-14/h1-2,6,8-9,11H,3-5,7,10H2,(H,21,22). The lowest BCUT2D eigenvalue weighted by Crippen LogP contribution is -2.36. The van der Waals surface area contributed by atoms with Crippen LogP contribution in [0.3, 0.4) is 0 Å². The fourth-order valence-electron chi connectivity index (χ4n) is 3.35. The van der Waals surface area contributed by atoms with Gasteiger partial charge in [0.15, 0.2) is 5.65 Å². The SMILES string of the molecule is O=C(c1cc(C2CC2)[nH]n1)N1CCc2nc3ncccc3cc2C1. The van der Waals surface area contributed by atoms with Gasteiger partial charge in [-0.15, -0.1) is 0 Å². The van der Waals surface area contributed by atoms with E-state index in [1.807, 2.05) is 23.1 Å². The van der Waals surface area contributed by atoms with E-state index in [1.165, 1.54) is 12.8 Å². The number of hydrogen-bond acceptors (Lipinski definition) is 4. The maximum atomic E-state index is 12.7. The number of nitrogens with one attached hydrogen (secondary N) is 1. The lowest BCUT2D eigenvalue weighted by Gasteiger charge is -2.27. The molecule has 6 nitrogen and oxygen atoms in total. The Kier molecular flexibility index (Phi) is 2.92. The van der Waals surface area contributed by atoms with Crippen molar-refractivity contribution in [1.82, 2.24) is 25.1 Å². The largest absolute Gasteiger partial charge is 0.332 e. The van der Waals surface area contributed by atoms with Crippen molar-refractivity contribution in [2.75, 3.05) is 6.54 Å². The topological polar surface area (TPSA) is 74.8 Å². The normalized spacial score (nSPS) is 17.1. The van der Waals surface area contributed by atoms with Crippen molar-refractivity contribution in [1.29, 1.82) is 0 Å². The molecule has 1 saturated carbocycles. The third-order valence-electron chi connectivity index (χ3n) is 4.86. The highest BCUT2D eigenvalue weighted by Gasteiger charge is 2.29. The quantitative estimate of drug-likeness (QED) is 0.787. The van der Waals surface area contributed by atoms with Crippen molar-refractivity contribution < 1.29 is 4.79 Å². The lowest BCUT2D eigenvalue weighted by molar-refractivity contribution is 0.0727. The smallest absolute Gasteiger partial charge is 0.274 e. The van der Waals surface area contributed by atoms with Crippen LogP contribution in [0.1, 0.15) is 46.2 Å². The monoisotopic (exact) mass is 319 g/mol. The van der Waals surface area contributed by atoms with E-state index in [1.54, 1.807) is 6.20 Å². The number of fused-ring (bicyclic) bond motifs is 2. The zero-order valence-corrected chi connectivity index (χ0v) is 13.2. The number of nitrogens with zero attached hydrogens (tertiary/aromatic N) is 4. The molecule has 120 valence electrons. The van der Waals surface area contributed by atoms with Crippen LogP contribution >= 0.6 is 0 Å². The van der Waals surface area contributed by atoms with Crippen LogP contribution in [0.4, 0.5) is 0 Å². The van der Waals surface area contributed by atoms with E-state index in [2.05, 4.69) is 26.2 Å². The van der Waals surface area contributed by atoms with Gasteiger partial charge in [0.05, 0.1) is 0 Å². The van der Waals surface area contributed by atoms with Crippen LogP contribution in [0.25, 0.3) is 11.0 Å². The molecule has 1 aliphatic carbocycles. The number of pyridine rings is 2. The van der Waals surface area contributed by atoms with Crippen molar-refractivity contribution in [2.45, 2.75) is 31.7 Å². The number of carbonyl (C=O) groups excluding carboxylic acids is 1. The molecule has 1 fully saturated rings. The average molecular weight is 319 g/mol. The predicted molar refractivity (Wildman–Crippen MR) is 88.5 cm³/mol. The third kappa shape index (κ3) is 2.26. The van der Waals surface area contributed by atoms with Crippen molar-refractivity contribution in [3.63, 3.8) is 0 Å². The van der Waals surface area contributed by atoms with Gasteiger partial charge < -0.3 is 4.90 Å². The summed E-state index contributed by atoms with van der Waals surface area (Å²) in [5.41, 5.74) is 4.54. The minimum Gasteiger partial charge on any atom is -0.332 e. The van der Waals surface area contributed by atoms with Crippen LogP contribution in [0, 0.1) is 0 Å². The molecule has 5 rings (SSSR count). The van der Waals surface area contributed by atoms with Gasteiger partial charge in [0.1, 0.15) is 5.69 Å². The zero-order chi connectivity index (χ0) is 16.1. The summed E-state index contributed by atoms with van der Waals surface area (Å²) in [7, 11) is 0. The molecule has 2 aliphatic rings. The van der Waals surface area contributed by atoms with Crippen LogP contribution in [-0.4, -0.2) is 37.5 Å². The number of amides is 1. The molecule has 6 heteroatoms. The molecule has 0 aromatic carbocycles. The summed E-state index contributed by atoms with van der Waals surface area (Å²) < 4.78 is 0. The summed E-state index contributed by atoms with van der Waals surface area (Å²) in [6.07, 6.45) is 4.91. The van der Waals surface area contributed by atoms with Crippen molar-refractivity contribution >= 4 is 16.9 Å². The molecule has 0 spiro atoms. The first kappa shape index (κ1) is 13.7. The molecule has 0 bridgehead atoms. The second-order valence-electron chi connectivity index (χ2n) is 6.60. The summed E-state index contributed by atoms with van der Waals surface area (Å²) in [6.45, 7) is 1.25. The van der Waals surface area contributed by atoms with Gasteiger partial charge in [0, 0.05) is 48.4 Å². The molecule has 24 heavy (non-hydrogen) atoms. The summed E-state index contributed by atoms with van der Waals surface area (Å²) in [6, 6.07) is 7.93. The van der Waals surface area contributed by atoms with Crippen molar-refractivity contribution in [3.8, 4) is 0 Å². The highest BCUT2D eigenvalue weighted by molar-refractivity contribution is 5.92. The van der Waals surface area contributed by atoms with E-state index in [-0.39, 0.29) is 5.91 Å². The highest BCUT2D eigenvalue weighted by Crippen LogP contribution is 2.39. The Morgan fingerprint density at radius 1 is 1.29 bits per heavy atom. The van der Waals surface area contributed by atoms with Crippen LogP contribution in [0.2, 0.25) is 0 Å². The Labute approximate surface area is 138 Å². The van der Waals surface area contributed by atoms with Gasteiger partial charge in [-0.05, 0) is 42.7 Å². The Balaban J connectivity index is 1.42. The third-order valence-corrected chi connectivity index (χ3v) is 4.86. The van der Waals surface area contributed by atoms with E-state index in [0.717, 1.165) is 34.4 Å². The Bertz CT molecular complexity index is 943. The first-order valence-corrected chi connectivity index (χ1v) is 8.36. The van der Waals surface area contributed by atoms with E-state index in [9.17, 15) is 4.79 Å². The molecule has 1 amide bonds. The molecule has 1 N–H and O–H groups in total. The number of aromatic nitrogens is 4. The average Bonchev–Trinajstić information content (AvgIpc) is 3.36. The Morgan fingerprint density at radius 3 is 3.08 bits per heavy atom. The highest BCUT2D eigenvalue weighted by atomic mass is 16.2. The molecule has 3 aromatic rings.